The molecule has 1 aromatic carbocycles. The maximum Gasteiger partial charge on any atom is 0.335 e. The van der Waals surface area contributed by atoms with E-state index in [1.165, 1.54) is 43.5 Å². The number of aromatic carboxylic acids is 1. The molecule has 0 spiro atoms. The van der Waals surface area contributed by atoms with Gasteiger partial charge in [0.2, 0.25) is 0 Å². The highest BCUT2D eigenvalue weighted by molar-refractivity contribution is 6.05. The fourth-order valence-electron chi connectivity index (χ4n) is 1.62. The van der Waals surface area contributed by atoms with Crippen molar-refractivity contribution in [2.75, 3.05) is 5.32 Å². The minimum atomic E-state index is -1.03. The van der Waals surface area contributed by atoms with Gasteiger partial charge in [-0.3, -0.25) is 9.59 Å². The van der Waals surface area contributed by atoms with Crippen LogP contribution < -0.4 is 5.32 Å². The molecule has 0 bridgehead atoms. The van der Waals surface area contributed by atoms with E-state index in [1.54, 1.807) is 0 Å². The Kier molecular flexibility index (Phi) is 3.65. The molecule has 0 aliphatic rings. The van der Waals surface area contributed by atoms with Gasteiger partial charge in [0.1, 0.15) is 5.69 Å². The third kappa shape index (κ3) is 2.92. The lowest BCUT2D eigenvalue weighted by Gasteiger charge is -2.03. The Morgan fingerprint density at radius 3 is 2.25 bits per heavy atom. The van der Waals surface area contributed by atoms with Crippen LogP contribution in [0.3, 0.4) is 0 Å². The van der Waals surface area contributed by atoms with Crippen molar-refractivity contribution in [3.8, 4) is 0 Å². The van der Waals surface area contributed by atoms with Crippen LogP contribution in [0.2, 0.25) is 0 Å². The Morgan fingerprint density at radius 1 is 1.10 bits per heavy atom. The number of H-pyrrole nitrogens is 1. The van der Waals surface area contributed by atoms with Gasteiger partial charge in [-0.2, -0.15) is 0 Å². The summed E-state index contributed by atoms with van der Waals surface area (Å²) < 4.78 is 0. The van der Waals surface area contributed by atoms with Gasteiger partial charge in [-0.15, -0.1) is 0 Å². The molecule has 3 N–H and O–H groups in total. The summed E-state index contributed by atoms with van der Waals surface area (Å²) in [6.07, 6.45) is 1.46. The molecule has 0 saturated heterocycles. The molecule has 0 atom stereocenters. The largest absolute Gasteiger partial charge is 0.478 e. The minimum Gasteiger partial charge on any atom is -0.478 e. The maximum atomic E-state index is 11.9. The summed E-state index contributed by atoms with van der Waals surface area (Å²) >= 11 is 0. The van der Waals surface area contributed by atoms with Crippen LogP contribution in [0.5, 0.6) is 0 Å². The summed E-state index contributed by atoms with van der Waals surface area (Å²) in [5.74, 6) is -1.56. The second-order valence-corrected chi connectivity index (χ2v) is 4.19. The van der Waals surface area contributed by atoms with E-state index in [-0.39, 0.29) is 17.0 Å². The van der Waals surface area contributed by atoms with Gasteiger partial charge < -0.3 is 15.4 Å². The van der Waals surface area contributed by atoms with Crippen molar-refractivity contribution in [3.63, 3.8) is 0 Å². The van der Waals surface area contributed by atoms with Crippen molar-refractivity contribution in [3.05, 3.63) is 53.3 Å². The van der Waals surface area contributed by atoms with E-state index in [0.29, 0.717) is 11.3 Å². The van der Waals surface area contributed by atoms with Crippen LogP contribution in [-0.2, 0) is 0 Å². The molecule has 0 saturated carbocycles. The molecule has 1 amide bonds. The number of aromatic amines is 1. The first kappa shape index (κ1) is 13.5. The number of aromatic nitrogens is 1. The Hall–Kier alpha value is -2.89. The van der Waals surface area contributed by atoms with E-state index in [9.17, 15) is 14.4 Å². The van der Waals surface area contributed by atoms with Crippen molar-refractivity contribution in [2.45, 2.75) is 6.92 Å². The minimum absolute atomic E-state index is 0.133. The van der Waals surface area contributed by atoms with Gasteiger partial charge in [-0.1, -0.05) is 0 Å². The highest BCUT2D eigenvalue weighted by Crippen LogP contribution is 2.12. The number of nitrogens with one attached hydrogen (secondary N) is 2. The molecule has 20 heavy (non-hydrogen) atoms. The molecule has 1 heterocycles. The molecular formula is C14H12N2O4. The van der Waals surface area contributed by atoms with Crippen LogP contribution >= 0.6 is 0 Å². The molecule has 0 fully saturated rings. The van der Waals surface area contributed by atoms with Crippen molar-refractivity contribution in [1.82, 2.24) is 4.98 Å². The summed E-state index contributed by atoms with van der Waals surface area (Å²) in [6, 6.07) is 7.25. The van der Waals surface area contributed by atoms with Gasteiger partial charge in [-0.25, -0.2) is 4.79 Å². The van der Waals surface area contributed by atoms with Crippen LogP contribution in [0, 0.1) is 0 Å². The van der Waals surface area contributed by atoms with Crippen LogP contribution in [-0.4, -0.2) is 27.8 Å². The zero-order valence-electron chi connectivity index (χ0n) is 10.6. The first-order valence-electron chi connectivity index (χ1n) is 5.81. The van der Waals surface area contributed by atoms with Gasteiger partial charge >= 0.3 is 5.97 Å². The van der Waals surface area contributed by atoms with Crippen molar-refractivity contribution in [2.24, 2.45) is 0 Å². The molecule has 102 valence electrons. The number of carbonyl (C=O) groups is 3. The van der Waals surface area contributed by atoms with Gasteiger partial charge in [-0.05, 0) is 37.3 Å². The zero-order chi connectivity index (χ0) is 14.7. The number of hydrogen-bond donors (Lipinski definition) is 3. The fraction of sp³-hybridized carbons (Fsp3) is 0.0714. The monoisotopic (exact) mass is 272 g/mol. The predicted molar refractivity (Wildman–Crippen MR) is 72.2 cm³/mol. The van der Waals surface area contributed by atoms with Gasteiger partial charge in [0.15, 0.2) is 5.78 Å². The molecule has 0 aliphatic heterocycles. The molecule has 0 radical (unpaired) electrons. The van der Waals surface area contributed by atoms with E-state index >= 15 is 0 Å². The lowest BCUT2D eigenvalue weighted by Crippen LogP contribution is -2.12. The second-order valence-electron chi connectivity index (χ2n) is 4.19. The smallest absolute Gasteiger partial charge is 0.335 e. The van der Waals surface area contributed by atoms with E-state index in [0.717, 1.165) is 0 Å². The highest BCUT2D eigenvalue weighted by atomic mass is 16.4. The first-order valence-corrected chi connectivity index (χ1v) is 5.81. The average Bonchev–Trinajstić information content (AvgIpc) is 2.89. The summed E-state index contributed by atoms with van der Waals surface area (Å²) in [4.78, 5) is 36.4. The number of ketones is 1. The molecular weight excluding hydrogens is 260 g/mol. The van der Waals surface area contributed by atoms with E-state index in [1.807, 2.05) is 0 Å². The molecule has 1 aromatic heterocycles. The number of hydrogen-bond acceptors (Lipinski definition) is 3. The van der Waals surface area contributed by atoms with Crippen LogP contribution in [0.15, 0.2) is 36.5 Å². The van der Waals surface area contributed by atoms with E-state index in [2.05, 4.69) is 10.3 Å². The Labute approximate surface area is 114 Å². The number of carboxylic acid groups (broad SMARTS) is 1. The van der Waals surface area contributed by atoms with Crippen molar-refractivity contribution >= 4 is 23.3 Å². The number of anilines is 1. The summed E-state index contributed by atoms with van der Waals surface area (Å²) in [7, 11) is 0. The average molecular weight is 272 g/mol. The SMILES string of the molecule is CC(=O)c1c[nH]c(C(=O)Nc2ccc(C(=O)O)cc2)c1. The van der Waals surface area contributed by atoms with Crippen molar-refractivity contribution in [1.29, 1.82) is 0 Å². The van der Waals surface area contributed by atoms with Gasteiger partial charge in [0, 0.05) is 17.4 Å². The zero-order valence-corrected chi connectivity index (χ0v) is 10.6. The standard InChI is InChI=1S/C14H12N2O4/c1-8(17)10-6-12(15-7-10)13(18)16-11-4-2-9(3-5-11)14(19)20/h2-7,15H,1H3,(H,16,18)(H,19,20). The van der Waals surface area contributed by atoms with Crippen molar-refractivity contribution < 1.29 is 19.5 Å². The topological polar surface area (TPSA) is 99.3 Å². The number of amides is 1. The number of carboxylic acids is 1. The molecule has 2 rings (SSSR count). The normalized spacial score (nSPS) is 10.1. The summed E-state index contributed by atoms with van der Waals surface area (Å²) in [6.45, 7) is 1.41. The number of Topliss-reactive ketones (excluding diaryl/α,β-unsaturated/α-hetero) is 1. The van der Waals surface area contributed by atoms with Crippen LogP contribution in [0.4, 0.5) is 5.69 Å². The Bertz CT molecular complexity index is 671. The van der Waals surface area contributed by atoms with Crippen LogP contribution in [0.1, 0.15) is 38.1 Å². The Balaban J connectivity index is 2.10. The number of benzene rings is 1. The molecule has 6 nitrogen and oxygen atoms in total. The third-order valence-corrected chi connectivity index (χ3v) is 2.72. The molecule has 2 aromatic rings. The predicted octanol–water partition coefficient (Wildman–Crippen LogP) is 2.17. The molecule has 0 aliphatic carbocycles. The maximum absolute atomic E-state index is 11.9. The van der Waals surface area contributed by atoms with Gasteiger partial charge in [0.05, 0.1) is 5.56 Å². The molecule has 0 unspecified atom stereocenters. The quantitative estimate of drug-likeness (QED) is 0.742. The van der Waals surface area contributed by atoms with Gasteiger partial charge in [0.25, 0.3) is 5.91 Å². The fourth-order valence-corrected chi connectivity index (χ4v) is 1.62. The van der Waals surface area contributed by atoms with Crippen LogP contribution in [0.25, 0.3) is 0 Å². The van der Waals surface area contributed by atoms with E-state index < -0.39 is 11.9 Å². The molecule has 6 heteroatoms. The lowest BCUT2D eigenvalue weighted by molar-refractivity contribution is 0.0696. The highest BCUT2D eigenvalue weighted by Gasteiger charge is 2.11. The number of rotatable bonds is 4. The number of carbonyl (C=O) groups excluding carboxylic acids is 2. The van der Waals surface area contributed by atoms with E-state index in [4.69, 9.17) is 5.11 Å². The second kappa shape index (κ2) is 5.40. The summed E-state index contributed by atoms with van der Waals surface area (Å²) in [5, 5.41) is 11.4. The third-order valence-electron chi connectivity index (χ3n) is 2.72. The first-order chi connectivity index (χ1) is 9.47. The summed E-state index contributed by atoms with van der Waals surface area (Å²) in [5.41, 5.74) is 1.30. The Morgan fingerprint density at radius 2 is 1.75 bits per heavy atom. The lowest BCUT2D eigenvalue weighted by atomic mass is 10.2.